The van der Waals surface area contributed by atoms with E-state index in [0.717, 1.165) is 11.3 Å². The number of rotatable bonds is 2. The molecule has 0 saturated carbocycles. The Morgan fingerprint density at radius 2 is 1.50 bits per heavy atom. The first-order valence-electron chi connectivity index (χ1n) is 7.67. The first kappa shape index (κ1) is 7.12. The van der Waals surface area contributed by atoms with Crippen molar-refractivity contribution in [3.8, 4) is 22.4 Å². The molecule has 0 atom stereocenters. The highest BCUT2D eigenvalue weighted by molar-refractivity contribution is 5.66. The van der Waals surface area contributed by atoms with Crippen molar-refractivity contribution in [2.45, 2.75) is 0 Å². The van der Waals surface area contributed by atoms with E-state index in [1.54, 1.807) is 12.3 Å². The van der Waals surface area contributed by atoms with E-state index in [4.69, 9.17) is 5.48 Å². The van der Waals surface area contributed by atoms with Crippen molar-refractivity contribution in [1.29, 1.82) is 0 Å². The van der Waals surface area contributed by atoms with Gasteiger partial charge in [0.25, 0.3) is 0 Å². The summed E-state index contributed by atoms with van der Waals surface area (Å²) in [4.78, 5) is 4.38. The van der Waals surface area contributed by atoms with E-state index >= 15 is 0 Å². The molecule has 0 unspecified atom stereocenters. The predicted octanol–water partition coefficient (Wildman–Crippen LogP) is 4.42. The number of hydrogen-bond acceptors (Lipinski definition) is 1. The molecule has 0 bridgehead atoms. The normalized spacial score (nSPS) is 13.3. The summed E-state index contributed by atoms with van der Waals surface area (Å²) in [6, 6.07) is 14.3. The fourth-order valence-electron chi connectivity index (χ4n) is 1.75. The van der Waals surface area contributed by atoms with Crippen LogP contribution in [0.25, 0.3) is 22.4 Å². The summed E-state index contributed by atoms with van der Waals surface area (Å²) in [5.41, 5.74) is 2.65. The minimum Gasteiger partial charge on any atom is -0.256 e. The molecule has 0 fully saturated rings. The second kappa shape index (κ2) is 4.84. The van der Waals surface area contributed by atoms with Gasteiger partial charge in [-0.1, -0.05) is 66.6 Å². The highest BCUT2D eigenvalue weighted by atomic mass is 14.7. The topological polar surface area (TPSA) is 12.9 Å². The van der Waals surface area contributed by atoms with E-state index in [1.165, 1.54) is 6.07 Å². The molecule has 0 saturated heterocycles. The number of hydrogen-bond donors (Lipinski definition) is 0. The Balaban J connectivity index is 2.08. The molecule has 3 aromatic rings. The highest BCUT2D eigenvalue weighted by Gasteiger charge is 2.00. The Morgan fingerprint density at radius 1 is 0.722 bits per heavy atom. The summed E-state index contributed by atoms with van der Waals surface area (Å²) in [5, 5.41) is 0. The van der Waals surface area contributed by atoms with Crippen LogP contribution in [0.15, 0.2) is 78.9 Å². The van der Waals surface area contributed by atoms with Gasteiger partial charge in [0.1, 0.15) is 0 Å². The molecule has 1 nitrogen and oxygen atoms in total. The largest absolute Gasteiger partial charge is 0.256 e. The van der Waals surface area contributed by atoms with Gasteiger partial charge in [-0.15, -0.1) is 0 Å². The molecule has 0 N–H and O–H groups in total. The molecule has 3 rings (SSSR count). The van der Waals surface area contributed by atoms with Crippen molar-refractivity contribution in [2.24, 2.45) is 0 Å². The Labute approximate surface area is 112 Å². The van der Waals surface area contributed by atoms with Gasteiger partial charge in [-0.25, -0.2) is 0 Å². The molecule has 86 valence electrons. The fraction of sp³-hybridized carbons (Fsp3) is 0. The molecule has 18 heavy (non-hydrogen) atoms. The van der Waals surface area contributed by atoms with E-state index in [1.807, 2.05) is 36.4 Å². The zero-order valence-corrected chi connectivity index (χ0v) is 9.64. The van der Waals surface area contributed by atoms with Crippen molar-refractivity contribution in [1.82, 2.24) is 4.98 Å². The number of benzene rings is 2. The van der Waals surface area contributed by atoms with E-state index < -0.39 is 0 Å². The Bertz CT molecular complexity index is 788. The summed E-state index contributed by atoms with van der Waals surface area (Å²) in [6.45, 7) is 0. The molecule has 0 aliphatic heterocycles. The second-order valence-corrected chi connectivity index (χ2v) is 3.86. The van der Waals surface area contributed by atoms with Crippen molar-refractivity contribution >= 4 is 0 Å². The lowest BCUT2D eigenvalue weighted by molar-refractivity contribution is 1.32. The Kier molecular flexibility index (Phi) is 1.92. The molecule has 1 aromatic heterocycles. The van der Waals surface area contributed by atoms with Crippen LogP contribution in [0.3, 0.4) is 0 Å². The van der Waals surface area contributed by atoms with Crippen LogP contribution in [-0.4, -0.2) is 4.98 Å². The van der Waals surface area contributed by atoms with E-state index in [-0.39, 0.29) is 29.7 Å². The smallest absolute Gasteiger partial charge is 0.0702 e. The van der Waals surface area contributed by atoms with E-state index in [2.05, 4.69) is 4.98 Å². The predicted molar refractivity (Wildman–Crippen MR) is 75.1 cm³/mol. The monoisotopic (exact) mass is 235 g/mol. The molecule has 0 spiro atoms. The molecule has 0 aliphatic rings. The molecule has 0 radical (unpaired) electrons. The van der Waals surface area contributed by atoms with Crippen LogP contribution in [0, 0.1) is 0 Å². The quantitative estimate of drug-likeness (QED) is 0.641. The molecule has 2 aromatic carbocycles. The third kappa shape index (κ3) is 2.16. The number of pyridine rings is 1. The average Bonchev–Trinajstić information content (AvgIpc) is 2.55. The third-order valence-corrected chi connectivity index (χ3v) is 2.66. The second-order valence-electron chi connectivity index (χ2n) is 3.86. The lowest BCUT2D eigenvalue weighted by atomic mass is 10.1. The van der Waals surface area contributed by atoms with Crippen LogP contribution in [0.4, 0.5) is 0 Å². The van der Waals surface area contributed by atoms with Gasteiger partial charge in [0, 0.05) is 17.3 Å². The SMILES string of the molecule is [2H]c1cc([2H])c([2H])c(-c2ccc(-c3ccccc3)nc2)c1[2H]. The minimum absolute atomic E-state index is 0.0461. The molecule has 0 amide bonds. The molecular weight excluding hydrogens is 218 g/mol. The summed E-state index contributed by atoms with van der Waals surface area (Å²) in [6.07, 6.45) is 1.59. The van der Waals surface area contributed by atoms with E-state index in [0.29, 0.717) is 5.56 Å². The highest BCUT2D eigenvalue weighted by Crippen LogP contribution is 2.21. The van der Waals surface area contributed by atoms with Crippen LogP contribution in [0.2, 0.25) is 0 Å². The first-order valence-corrected chi connectivity index (χ1v) is 5.67. The van der Waals surface area contributed by atoms with E-state index in [9.17, 15) is 0 Å². The van der Waals surface area contributed by atoms with Gasteiger partial charge in [0.2, 0.25) is 0 Å². The fourth-order valence-corrected chi connectivity index (χ4v) is 1.75. The number of aromatic nitrogens is 1. The lowest BCUT2D eigenvalue weighted by Crippen LogP contribution is -1.84. The molecular formula is C17H13N. The summed E-state index contributed by atoms with van der Waals surface area (Å²) in [7, 11) is 0. The van der Waals surface area contributed by atoms with Crippen molar-refractivity contribution in [2.75, 3.05) is 0 Å². The summed E-state index contributed by atoms with van der Waals surface area (Å²) in [5.74, 6) is 0. The summed E-state index contributed by atoms with van der Waals surface area (Å²) >= 11 is 0. The number of nitrogens with zero attached hydrogens (tertiary/aromatic N) is 1. The maximum absolute atomic E-state index is 7.97. The van der Waals surface area contributed by atoms with Gasteiger partial charge >= 0.3 is 0 Å². The molecule has 1 heteroatoms. The van der Waals surface area contributed by atoms with Crippen LogP contribution in [0.1, 0.15) is 5.48 Å². The molecule has 1 heterocycles. The van der Waals surface area contributed by atoms with Crippen LogP contribution in [0.5, 0.6) is 0 Å². The average molecular weight is 235 g/mol. The van der Waals surface area contributed by atoms with Gasteiger partial charge in [-0.3, -0.25) is 4.98 Å². The lowest BCUT2D eigenvalue weighted by Gasteiger charge is -2.03. The standard InChI is InChI=1S/C17H13N/c1-3-7-14(8-4-1)16-11-12-17(18-13-16)15-9-5-2-6-10-15/h1-13H/i3D,4D,7D,8D. The van der Waals surface area contributed by atoms with Gasteiger partial charge in [-0.05, 0) is 11.6 Å². The van der Waals surface area contributed by atoms with Crippen molar-refractivity contribution in [3.05, 3.63) is 78.9 Å². The Morgan fingerprint density at radius 3 is 2.17 bits per heavy atom. The minimum atomic E-state index is -0.0527. The first-order chi connectivity index (χ1) is 10.6. The van der Waals surface area contributed by atoms with Gasteiger partial charge in [0.15, 0.2) is 0 Å². The molecule has 0 aliphatic carbocycles. The zero-order valence-electron chi connectivity index (χ0n) is 13.6. The van der Waals surface area contributed by atoms with Gasteiger partial charge < -0.3 is 0 Å². The van der Waals surface area contributed by atoms with Crippen molar-refractivity contribution in [3.63, 3.8) is 0 Å². The maximum Gasteiger partial charge on any atom is 0.0702 e. The van der Waals surface area contributed by atoms with Gasteiger partial charge in [0.05, 0.1) is 11.2 Å². The van der Waals surface area contributed by atoms with Crippen LogP contribution < -0.4 is 0 Å². The van der Waals surface area contributed by atoms with Crippen LogP contribution in [-0.2, 0) is 0 Å². The maximum atomic E-state index is 7.97. The summed E-state index contributed by atoms with van der Waals surface area (Å²) < 4.78 is 31.4. The van der Waals surface area contributed by atoms with Gasteiger partial charge in [-0.2, -0.15) is 0 Å². The zero-order chi connectivity index (χ0) is 15.7. The Hall–Kier alpha value is -2.41. The van der Waals surface area contributed by atoms with Crippen LogP contribution >= 0.6 is 0 Å². The third-order valence-electron chi connectivity index (χ3n) is 2.66. The van der Waals surface area contributed by atoms with Crippen molar-refractivity contribution < 1.29 is 5.48 Å².